The number of rotatable bonds is 6. The molecule has 158 valence electrons. The molecule has 2 saturated heterocycles. The SMILES string of the molecule is O=C(Nc1ccccc1CN1CCSCC1)c1cccc(NC(=O)C2CCCO2)c1. The topological polar surface area (TPSA) is 70.7 Å². The Morgan fingerprint density at radius 1 is 1.07 bits per heavy atom. The van der Waals surface area contributed by atoms with E-state index in [1.807, 2.05) is 30.0 Å². The molecule has 2 aromatic rings. The lowest BCUT2D eigenvalue weighted by molar-refractivity contribution is -0.124. The van der Waals surface area contributed by atoms with Gasteiger partial charge in [-0.2, -0.15) is 11.8 Å². The first kappa shape index (κ1) is 20.9. The van der Waals surface area contributed by atoms with Crippen LogP contribution >= 0.6 is 11.8 Å². The first-order valence-electron chi connectivity index (χ1n) is 10.4. The van der Waals surface area contributed by atoms with Gasteiger partial charge >= 0.3 is 0 Å². The van der Waals surface area contributed by atoms with Gasteiger partial charge in [0, 0.05) is 54.7 Å². The Bertz CT molecular complexity index is 893. The molecule has 0 bridgehead atoms. The first-order chi connectivity index (χ1) is 14.7. The van der Waals surface area contributed by atoms with Crippen LogP contribution in [0, 0.1) is 0 Å². The molecule has 1 unspecified atom stereocenters. The van der Waals surface area contributed by atoms with Gasteiger partial charge in [-0.05, 0) is 42.7 Å². The number of benzene rings is 2. The highest BCUT2D eigenvalue weighted by Gasteiger charge is 2.23. The Morgan fingerprint density at radius 2 is 1.90 bits per heavy atom. The van der Waals surface area contributed by atoms with E-state index in [0.717, 1.165) is 55.2 Å². The molecule has 2 aromatic carbocycles. The van der Waals surface area contributed by atoms with Crippen LogP contribution in [-0.2, 0) is 16.1 Å². The van der Waals surface area contributed by atoms with Crippen molar-refractivity contribution < 1.29 is 14.3 Å². The Labute approximate surface area is 181 Å². The highest BCUT2D eigenvalue weighted by molar-refractivity contribution is 7.99. The molecule has 0 aliphatic carbocycles. The fraction of sp³-hybridized carbons (Fsp3) is 0.391. The van der Waals surface area contributed by atoms with Gasteiger partial charge < -0.3 is 15.4 Å². The third-order valence-electron chi connectivity index (χ3n) is 5.38. The zero-order chi connectivity index (χ0) is 20.8. The molecule has 0 saturated carbocycles. The molecular formula is C23H27N3O3S. The third-order valence-corrected chi connectivity index (χ3v) is 6.32. The van der Waals surface area contributed by atoms with Gasteiger partial charge in [0.25, 0.3) is 11.8 Å². The van der Waals surface area contributed by atoms with Gasteiger partial charge in [-0.25, -0.2) is 0 Å². The van der Waals surface area contributed by atoms with Crippen LogP contribution in [0.4, 0.5) is 11.4 Å². The number of para-hydroxylation sites is 1. The van der Waals surface area contributed by atoms with Gasteiger partial charge in [0.15, 0.2) is 0 Å². The molecule has 2 heterocycles. The maximum Gasteiger partial charge on any atom is 0.255 e. The van der Waals surface area contributed by atoms with Crippen molar-refractivity contribution in [2.24, 2.45) is 0 Å². The van der Waals surface area contributed by atoms with Gasteiger partial charge in [-0.15, -0.1) is 0 Å². The molecule has 4 rings (SSSR count). The van der Waals surface area contributed by atoms with E-state index >= 15 is 0 Å². The van der Waals surface area contributed by atoms with Crippen LogP contribution in [0.15, 0.2) is 48.5 Å². The Hall–Kier alpha value is -2.35. The summed E-state index contributed by atoms with van der Waals surface area (Å²) in [5.41, 5.74) is 3.04. The molecule has 2 N–H and O–H groups in total. The molecule has 7 heteroatoms. The summed E-state index contributed by atoms with van der Waals surface area (Å²) in [5.74, 6) is 1.96. The van der Waals surface area contributed by atoms with Crippen molar-refractivity contribution in [1.29, 1.82) is 0 Å². The molecule has 2 aliphatic rings. The lowest BCUT2D eigenvalue weighted by Crippen LogP contribution is -2.32. The molecule has 6 nitrogen and oxygen atoms in total. The summed E-state index contributed by atoms with van der Waals surface area (Å²) in [7, 11) is 0. The minimum atomic E-state index is -0.400. The van der Waals surface area contributed by atoms with Gasteiger partial charge in [-0.1, -0.05) is 24.3 Å². The number of nitrogens with one attached hydrogen (secondary N) is 2. The van der Waals surface area contributed by atoms with E-state index in [0.29, 0.717) is 17.9 Å². The van der Waals surface area contributed by atoms with E-state index in [4.69, 9.17) is 4.74 Å². The van der Waals surface area contributed by atoms with Crippen molar-refractivity contribution in [3.05, 3.63) is 59.7 Å². The number of nitrogens with zero attached hydrogens (tertiary/aromatic N) is 1. The molecule has 0 aromatic heterocycles. The summed E-state index contributed by atoms with van der Waals surface area (Å²) in [6.45, 7) is 3.59. The molecule has 0 radical (unpaired) electrons. The number of hydrogen-bond donors (Lipinski definition) is 2. The summed E-state index contributed by atoms with van der Waals surface area (Å²) in [4.78, 5) is 27.6. The van der Waals surface area contributed by atoms with E-state index in [1.54, 1.807) is 24.3 Å². The summed E-state index contributed by atoms with van der Waals surface area (Å²) >= 11 is 1.99. The second kappa shape index (κ2) is 10.1. The van der Waals surface area contributed by atoms with E-state index < -0.39 is 6.10 Å². The predicted molar refractivity (Wildman–Crippen MR) is 121 cm³/mol. The zero-order valence-electron chi connectivity index (χ0n) is 16.9. The second-order valence-electron chi connectivity index (χ2n) is 7.57. The first-order valence-corrected chi connectivity index (χ1v) is 11.6. The Morgan fingerprint density at radius 3 is 2.70 bits per heavy atom. The van der Waals surface area contributed by atoms with E-state index in [1.165, 1.54) is 0 Å². The van der Waals surface area contributed by atoms with Crippen molar-refractivity contribution in [2.75, 3.05) is 41.8 Å². The van der Waals surface area contributed by atoms with E-state index in [-0.39, 0.29) is 11.8 Å². The number of amides is 2. The van der Waals surface area contributed by atoms with Crippen molar-refractivity contribution in [3.8, 4) is 0 Å². The minimum absolute atomic E-state index is 0.157. The fourth-order valence-electron chi connectivity index (χ4n) is 3.72. The number of ether oxygens (including phenoxy) is 1. The van der Waals surface area contributed by atoms with Crippen LogP contribution in [0.5, 0.6) is 0 Å². The van der Waals surface area contributed by atoms with E-state index in [9.17, 15) is 9.59 Å². The van der Waals surface area contributed by atoms with Crippen molar-refractivity contribution in [1.82, 2.24) is 4.90 Å². The van der Waals surface area contributed by atoms with Crippen LogP contribution in [0.25, 0.3) is 0 Å². The fourth-order valence-corrected chi connectivity index (χ4v) is 4.70. The maximum absolute atomic E-state index is 12.9. The van der Waals surface area contributed by atoms with Crippen LogP contribution < -0.4 is 10.6 Å². The lowest BCUT2D eigenvalue weighted by atomic mass is 10.1. The molecule has 1 atom stereocenters. The molecule has 0 spiro atoms. The summed E-state index contributed by atoms with van der Waals surface area (Å²) in [6.07, 6.45) is 1.23. The normalized spacial score (nSPS) is 19.4. The van der Waals surface area contributed by atoms with Gasteiger partial charge in [0.2, 0.25) is 0 Å². The van der Waals surface area contributed by atoms with Crippen molar-refractivity contribution >= 4 is 35.0 Å². The quantitative estimate of drug-likeness (QED) is 0.740. The molecular weight excluding hydrogens is 398 g/mol. The van der Waals surface area contributed by atoms with Crippen LogP contribution in [0.1, 0.15) is 28.8 Å². The average molecular weight is 426 g/mol. The minimum Gasteiger partial charge on any atom is -0.368 e. The Kier molecular flexibility index (Phi) is 7.04. The summed E-state index contributed by atoms with van der Waals surface area (Å²) in [6, 6.07) is 15.0. The largest absolute Gasteiger partial charge is 0.368 e. The molecule has 30 heavy (non-hydrogen) atoms. The molecule has 2 fully saturated rings. The van der Waals surface area contributed by atoms with Gasteiger partial charge in [-0.3, -0.25) is 14.5 Å². The standard InChI is InChI=1S/C23H27N3O3S/c27-22(17-6-3-7-19(15-17)24-23(28)21-9-4-12-29-21)25-20-8-2-1-5-18(20)16-26-10-13-30-14-11-26/h1-3,5-8,15,21H,4,9-14,16H2,(H,24,28)(H,25,27). The van der Waals surface area contributed by atoms with Crippen molar-refractivity contribution in [2.45, 2.75) is 25.5 Å². The van der Waals surface area contributed by atoms with Gasteiger partial charge in [0.1, 0.15) is 6.10 Å². The number of anilines is 2. The Balaban J connectivity index is 1.42. The van der Waals surface area contributed by atoms with Crippen LogP contribution in [0.3, 0.4) is 0 Å². The monoisotopic (exact) mass is 425 g/mol. The smallest absolute Gasteiger partial charge is 0.255 e. The highest BCUT2D eigenvalue weighted by atomic mass is 32.2. The van der Waals surface area contributed by atoms with Crippen LogP contribution in [-0.4, -0.2) is 54.0 Å². The van der Waals surface area contributed by atoms with Crippen LogP contribution in [0.2, 0.25) is 0 Å². The number of hydrogen-bond acceptors (Lipinski definition) is 5. The van der Waals surface area contributed by atoms with Gasteiger partial charge in [0.05, 0.1) is 0 Å². The highest BCUT2D eigenvalue weighted by Crippen LogP contribution is 2.21. The number of carbonyl (C=O) groups is 2. The van der Waals surface area contributed by atoms with E-state index in [2.05, 4.69) is 21.6 Å². The average Bonchev–Trinajstić information content (AvgIpc) is 3.31. The number of thioether (sulfide) groups is 1. The maximum atomic E-state index is 12.9. The lowest BCUT2D eigenvalue weighted by Gasteiger charge is -2.27. The molecule has 2 aliphatic heterocycles. The van der Waals surface area contributed by atoms with Crippen molar-refractivity contribution in [3.63, 3.8) is 0 Å². The second-order valence-corrected chi connectivity index (χ2v) is 8.80. The molecule has 2 amide bonds. The third kappa shape index (κ3) is 5.41. The zero-order valence-corrected chi connectivity index (χ0v) is 17.7. The summed E-state index contributed by atoms with van der Waals surface area (Å²) < 4.78 is 5.42. The summed E-state index contributed by atoms with van der Waals surface area (Å²) in [5, 5.41) is 5.90. The predicted octanol–water partition coefficient (Wildman–Crippen LogP) is 3.61. The number of carbonyl (C=O) groups excluding carboxylic acids is 2.